The number of tetrazole rings is 1. The Hall–Kier alpha value is -3.23. The zero-order valence-electron chi connectivity index (χ0n) is 13.2. The first-order chi connectivity index (χ1) is 11.6. The van der Waals surface area contributed by atoms with Gasteiger partial charge in [-0.05, 0) is 17.7 Å². The Balaban J connectivity index is 2.21. The van der Waals surface area contributed by atoms with E-state index in [4.69, 9.17) is 4.74 Å². The molecule has 1 atom stereocenters. The molecule has 0 spiro atoms. The number of esters is 1. The third kappa shape index (κ3) is 2.71. The molecule has 9 heteroatoms. The molecule has 124 valence electrons. The van der Waals surface area contributed by atoms with Gasteiger partial charge in [0.2, 0.25) is 5.82 Å². The Bertz CT molecular complexity index is 772. The van der Waals surface area contributed by atoms with E-state index >= 15 is 0 Å². The van der Waals surface area contributed by atoms with Gasteiger partial charge in [0.25, 0.3) is 0 Å². The lowest BCUT2D eigenvalue weighted by Crippen LogP contribution is -2.46. The van der Waals surface area contributed by atoms with Gasteiger partial charge in [-0.2, -0.15) is 5.21 Å². The Morgan fingerprint density at radius 1 is 1.33 bits per heavy atom. The highest BCUT2D eigenvalue weighted by Gasteiger charge is 2.38. The summed E-state index contributed by atoms with van der Waals surface area (Å²) >= 11 is 0. The third-order valence-electron chi connectivity index (χ3n) is 3.64. The van der Waals surface area contributed by atoms with Crippen molar-refractivity contribution >= 4 is 17.7 Å². The number of H-pyrrole nitrogens is 1. The molecule has 1 aliphatic heterocycles. The van der Waals surface area contributed by atoms with Crippen LogP contribution in [0.5, 0.6) is 0 Å². The van der Waals surface area contributed by atoms with Crippen molar-refractivity contribution in [2.75, 3.05) is 13.7 Å². The number of rotatable bonds is 4. The molecule has 3 rings (SSSR count). The van der Waals surface area contributed by atoms with Gasteiger partial charge < -0.3 is 10.1 Å². The molecular weight excluding hydrogens is 312 g/mol. The number of benzene rings is 1. The van der Waals surface area contributed by atoms with Crippen LogP contribution >= 0.6 is 0 Å². The van der Waals surface area contributed by atoms with Gasteiger partial charge >= 0.3 is 12.0 Å². The van der Waals surface area contributed by atoms with Crippen molar-refractivity contribution in [2.24, 2.45) is 0 Å². The molecule has 9 nitrogen and oxygen atoms in total. The fourth-order valence-corrected chi connectivity index (χ4v) is 2.56. The lowest BCUT2D eigenvalue weighted by Gasteiger charge is -2.33. The second kappa shape index (κ2) is 6.49. The predicted octanol–water partition coefficient (Wildman–Crippen LogP) is 0.870. The van der Waals surface area contributed by atoms with Gasteiger partial charge in [-0.15, -0.1) is 10.2 Å². The zero-order chi connectivity index (χ0) is 17.1. The van der Waals surface area contributed by atoms with Gasteiger partial charge in [0.1, 0.15) is 5.70 Å². The van der Waals surface area contributed by atoms with Gasteiger partial charge in [0.05, 0.1) is 18.2 Å². The minimum atomic E-state index is -0.664. The average molecular weight is 328 g/mol. The average Bonchev–Trinajstić information content (AvgIpc) is 3.12. The van der Waals surface area contributed by atoms with Crippen LogP contribution in [0.3, 0.4) is 0 Å². The summed E-state index contributed by atoms with van der Waals surface area (Å²) in [6.07, 6.45) is 0. The minimum absolute atomic E-state index is 0.149. The van der Waals surface area contributed by atoms with E-state index in [1.165, 1.54) is 11.9 Å². The van der Waals surface area contributed by atoms with Crippen molar-refractivity contribution in [3.63, 3.8) is 0 Å². The Morgan fingerprint density at radius 2 is 2.08 bits per heavy atom. The van der Waals surface area contributed by atoms with Crippen molar-refractivity contribution in [2.45, 2.75) is 13.0 Å². The number of ether oxygens (including phenoxy) is 1. The van der Waals surface area contributed by atoms with Crippen LogP contribution in [-0.2, 0) is 9.53 Å². The van der Waals surface area contributed by atoms with Crippen molar-refractivity contribution in [3.8, 4) is 0 Å². The minimum Gasteiger partial charge on any atom is -0.463 e. The highest BCUT2D eigenvalue weighted by Crippen LogP contribution is 2.34. The molecule has 2 heterocycles. The molecule has 0 bridgehead atoms. The van der Waals surface area contributed by atoms with Crippen LogP contribution in [0.1, 0.15) is 24.4 Å². The summed E-state index contributed by atoms with van der Waals surface area (Å²) < 4.78 is 5.18. The number of nitrogens with one attached hydrogen (secondary N) is 2. The molecule has 0 aliphatic carbocycles. The molecule has 1 aromatic heterocycles. The molecular formula is C15H16N6O3. The van der Waals surface area contributed by atoms with Crippen LogP contribution in [-0.4, -0.2) is 51.2 Å². The molecule has 0 saturated heterocycles. The number of amides is 2. The summed E-state index contributed by atoms with van der Waals surface area (Å²) in [6, 6.07) is 8.12. The van der Waals surface area contributed by atoms with Crippen LogP contribution in [0.2, 0.25) is 0 Å². The fourth-order valence-electron chi connectivity index (χ4n) is 2.56. The Kier molecular flexibility index (Phi) is 4.23. The molecule has 0 fully saturated rings. The van der Waals surface area contributed by atoms with Crippen LogP contribution in [0, 0.1) is 0 Å². The van der Waals surface area contributed by atoms with Crippen molar-refractivity contribution < 1.29 is 14.3 Å². The third-order valence-corrected chi connectivity index (χ3v) is 3.64. The number of nitrogens with zero attached hydrogens (tertiary/aromatic N) is 4. The second-order valence-corrected chi connectivity index (χ2v) is 5.07. The highest BCUT2D eigenvalue weighted by atomic mass is 16.5. The van der Waals surface area contributed by atoms with Gasteiger partial charge in [-0.1, -0.05) is 30.3 Å². The summed E-state index contributed by atoms with van der Waals surface area (Å²) in [5, 5.41) is 16.5. The van der Waals surface area contributed by atoms with Crippen molar-refractivity contribution in [1.29, 1.82) is 0 Å². The van der Waals surface area contributed by atoms with E-state index in [-0.39, 0.29) is 29.7 Å². The molecule has 2 aromatic rings. The fraction of sp³-hybridized carbons (Fsp3) is 0.267. The van der Waals surface area contributed by atoms with E-state index in [1.807, 2.05) is 30.3 Å². The van der Waals surface area contributed by atoms with E-state index in [2.05, 4.69) is 25.9 Å². The number of carbonyl (C=O) groups is 2. The smallest absolute Gasteiger partial charge is 0.338 e. The quantitative estimate of drug-likeness (QED) is 0.805. The van der Waals surface area contributed by atoms with Crippen LogP contribution < -0.4 is 5.32 Å². The van der Waals surface area contributed by atoms with Crippen molar-refractivity contribution in [1.82, 2.24) is 30.8 Å². The molecule has 2 N–H and O–H groups in total. The first-order valence-electron chi connectivity index (χ1n) is 7.37. The van der Waals surface area contributed by atoms with Gasteiger partial charge in [0.15, 0.2) is 0 Å². The maximum Gasteiger partial charge on any atom is 0.338 e. The normalized spacial score (nSPS) is 17.7. The topological polar surface area (TPSA) is 113 Å². The molecule has 2 amide bonds. The number of aromatic amines is 1. The van der Waals surface area contributed by atoms with Gasteiger partial charge in [0, 0.05) is 7.05 Å². The molecule has 0 radical (unpaired) electrons. The summed E-state index contributed by atoms with van der Waals surface area (Å²) in [4.78, 5) is 26.2. The first-order valence-corrected chi connectivity index (χ1v) is 7.37. The van der Waals surface area contributed by atoms with E-state index in [9.17, 15) is 9.59 Å². The summed E-state index contributed by atoms with van der Waals surface area (Å²) in [7, 11) is 1.53. The predicted molar refractivity (Wildman–Crippen MR) is 83.2 cm³/mol. The Morgan fingerprint density at radius 3 is 2.71 bits per heavy atom. The van der Waals surface area contributed by atoms with Gasteiger partial charge in [-0.3, -0.25) is 4.90 Å². The SMILES string of the molecule is CCOC(=O)C1=C(c2nn[nH]n2)N(C)C(=O)NC1c1ccccc1. The molecule has 24 heavy (non-hydrogen) atoms. The van der Waals surface area contributed by atoms with Crippen LogP contribution in [0.15, 0.2) is 35.9 Å². The maximum atomic E-state index is 12.6. The first kappa shape index (κ1) is 15.7. The van der Waals surface area contributed by atoms with Gasteiger partial charge in [-0.25, -0.2) is 9.59 Å². The summed E-state index contributed by atoms with van der Waals surface area (Å²) in [5.41, 5.74) is 1.27. The lowest BCUT2D eigenvalue weighted by molar-refractivity contribution is -0.138. The van der Waals surface area contributed by atoms with E-state index in [0.29, 0.717) is 0 Å². The number of hydrogen-bond donors (Lipinski definition) is 2. The lowest BCUT2D eigenvalue weighted by atomic mass is 9.94. The van der Waals surface area contributed by atoms with E-state index in [0.717, 1.165) is 5.56 Å². The van der Waals surface area contributed by atoms with Crippen LogP contribution in [0.4, 0.5) is 4.79 Å². The standard InChI is InChI=1S/C15H16N6O3/c1-3-24-14(22)10-11(9-7-5-4-6-8-9)16-15(23)21(2)12(10)13-17-19-20-18-13/h4-8,11H,3H2,1-2H3,(H,16,23)(H,17,18,19,20). The van der Waals surface area contributed by atoms with E-state index < -0.39 is 12.0 Å². The molecule has 1 aliphatic rings. The Labute approximate surface area is 137 Å². The largest absolute Gasteiger partial charge is 0.463 e. The summed E-state index contributed by atoms with van der Waals surface area (Å²) in [6.45, 7) is 1.93. The van der Waals surface area contributed by atoms with Crippen molar-refractivity contribution in [3.05, 3.63) is 47.3 Å². The highest BCUT2D eigenvalue weighted by molar-refractivity contribution is 6.03. The zero-order valence-corrected chi connectivity index (χ0v) is 13.2. The molecule has 1 unspecified atom stereocenters. The number of carbonyl (C=O) groups excluding carboxylic acids is 2. The number of urea groups is 1. The monoisotopic (exact) mass is 328 g/mol. The second-order valence-electron chi connectivity index (χ2n) is 5.07. The summed E-state index contributed by atoms with van der Waals surface area (Å²) in [5.74, 6) is -0.394. The number of hydrogen-bond acceptors (Lipinski definition) is 6. The van der Waals surface area contributed by atoms with Crippen LogP contribution in [0.25, 0.3) is 5.70 Å². The molecule has 0 saturated carbocycles. The van der Waals surface area contributed by atoms with E-state index in [1.54, 1.807) is 6.92 Å². The molecule has 1 aromatic carbocycles. The maximum absolute atomic E-state index is 12.6. The number of aromatic nitrogens is 4.